The van der Waals surface area contributed by atoms with Gasteiger partial charge >= 0.3 is 0 Å². The monoisotopic (exact) mass is 371 g/mol. The van der Waals surface area contributed by atoms with Gasteiger partial charge in [-0.25, -0.2) is 9.97 Å². The predicted molar refractivity (Wildman–Crippen MR) is 104 cm³/mol. The summed E-state index contributed by atoms with van der Waals surface area (Å²) in [6.45, 7) is 6.72. The highest BCUT2D eigenvalue weighted by atomic mass is 16.5. The average Bonchev–Trinajstić information content (AvgIpc) is 2.72. The Balaban J connectivity index is 1.54. The van der Waals surface area contributed by atoms with E-state index in [2.05, 4.69) is 37.5 Å². The van der Waals surface area contributed by atoms with Crippen molar-refractivity contribution in [1.29, 1.82) is 0 Å². The van der Waals surface area contributed by atoms with Crippen LogP contribution in [0, 0.1) is 0 Å². The molecule has 0 aliphatic carbocycles. The zero-order valence-corrected chi connectivity index (χ0v) is 15.4. The number of nitrogen functional groups attached to an aromatic ring is 1. The number of piperazine rings is 1. The van der Waals surface area contributed by atoms with Crippen LogP contribution in [0.2, 0.25) is 0 Å². The van der Waals surface area contributed by atoms with E-state index in [1.54, 1.807) is 12.1 Å². The number of carbonyl (C=O) groups is 1. The van der Waals surface area contributed by atoms with E-state index < -0.39 is 0 Å². The number of rotatable bonds is 7. The minimum atomic E-state index is -0.338. The molecule has 0 atom stereocenters. The molecule has 9 heteroatoms. The third-order valence-electron chi connectivity index (χ3n) is 4.42. The number of para-hydroxylation sites is 1. The normalized spacial score (nSPS) is 14.6. The topological polar surface area (TPSA) is 109 Å². The summed E-state index contributed by atoms with van der Waals surface area (Å²) >= 11 is 0. The van der Waals surface area contributed by atoms with Crippen LogP contribution in [0.4, 0.5) is 17.3 Å². The molecule has 27 heavy (non-hydrogen) atoms. The molecule has 144 valence electrons. The number of aromatic nitrogens is 2. The van der Waals surface area contributed by atoms with Crippen molar-refractivity contribution in [2.75, 3.05) is 55.4 Å². The van der Waals surface area contributed by atoms with Crippen LogP contribution in [0.1, 0.15) is 6.92 Å². The standard InChI is InChI=1S/C18H25N7O2/c1-2-24-8-10-25(11-9-24)18-16(19)17(20-13-21-18)23-22-15(26)12-27-14-6-4-3-5-7-14/h3-7,13H,2,8-12,19H2,1H3,(H,22,26)(H,20,21,23). The molecule has 0 saturated carbocycles. The molecular weight excluding hydrogens is 346 g/mol. The van der Waals surface area contributed by atoms with Crippen molar-refractivity contribution in [3.05, 3.63) is 36.7 Å². The van der Waals surface area contributed by atoms with Gasteiger partial charge in [0.25, 0.3) is 5.91 Å². The summed E-state index contributed by atoms with van der Waals surface area (Å²) in [6, 6.07) is 9.14. The first kappa shape index (κ1) is 18.7. The smallest absolute Gasteiger partial charge is 0.276 e. The minimum absolute atomic E-state index is 0.117. The molecule has 0 bridgehead atoms. The molecule has 3 rings (SSSR count). The molecule has 1 fully saturated rings. The lowest BCUT2D eigenvalue weighted by Gasteiger charge is -2.35. The molecular formula is C18H25N7O2. The van der Waals surface area contributed by atoms with Crippen LogP contribution >= 0.6 is 0 Å². The molecule has 1 aliphatic heterocycles. The second-order valence-corrected chi connectivity index (χ2v) is 6.16. The Hall–Kier alpha value is -3.07. The highest BCUT2D eigenvalue weighted by Crippen LogP contribution is 2.26. The zero-order chi connectivity index (χ0) is 19.1. The summed E-state index contributed by atoms with van der Waals surface area (Å²) < 4.78 is 5.40. The van der Waals surface area contributed by atoms with Gasteiger partial charge in [0.1, 0.15) is 17.8 Å². The van der Waals surface area contributed by atoms with Crippen molar-refractivity contribution < 1.29 is 9.53 Å². The van der Waals surface area contributed by atoms with Crippen LogP contribution in [-0.2, 0) is 4.79 Å². The van der Waals surface area contributed by atoms with Crippen molar-refractivity contribution in [3.8, 4) is 5.75 Å². The first-order valence-electron chi connectivity index (χ1n) is 8.98. The van der Waals surface area contributed by atoms with Crippen LogP contribution in [0.15, 0.2) is 36.7 Å². The summed E-state index contributed by atoms with van der Waals surface area (Å²) in [5.41, 5.74) is 11.9. The Morgan fingerprint density at radius 2 is 1.93 bits per heavy atom. The fraction of sp³-hybridized carbons (Fsp3) is 0.389. The first-order chi connectivity index (χ1) is 13.2. The molecule has 1 aromatic carbocycles. The SMILES string of the molecule is CCN1CCN(c2ncnc(NNC(=O)COc3ccccc3)c2N)CC1. The second-order valence-electron chi connectivity index (χ2n) is 6.16. The summed E-state index contributed by atoms with van der Waals surface area (Å²) in [4.78, 5) is 24.9. The van der Waals surface area contributed by atoms with E-state index in [1.807, 2.05) is 18.2 Å². The number of amides is 1. The Labute approximate surface area is 158 Å². The van der Waals surface area contributed by atoms with Gasteiger partial charge in [-0.2, -0.15) is 0 Å². The van der Waals surface area contributed by atoms with Crippen molar-refractivity contribution in [2.24, 2.45) is 0 Å². The highest BCUT2D eigenvalue weighted by molar-refractivity contribution is 5.81. The largest absolute Gasteiger partial charge is 0.484 e. The van der Waals surface area contributed by atoms with Crippen LogP contribution in [-0.4, -0.2) is 60.1 Å². The number of nitrogens with one attached hydrogen (secondary N) is 2. The second kappa shape index (κ2) is 9.04. The molecule has 2 aromatic rings. The molecule has 0 radical (unpaired) electrons. The number of nitrogens with zero attached hydrogens (tertiary/aromatic N) is 4. The van der Waals surface area contributed by atoms with Crippen LogP contribution in [0.25, 0.3) is 0 Å². The number of likely N-dealkylation sites (N-methyl/N-ethyl adjacent to an activating group) is 1. The number of carbonyl (C=O) groups excluding carboxylic acids is 1. The molecule has 1 aliphatic rings. The number of anilines is 3. The van der Waals surface area contributed by atoms with Gasteiger partial charge in [-0.15, -0.1) is 0 Å². The minimum Gasteiger partial charge on any atom is -0.484 e. The van der Waals surface area contributed by atoms with Gasteiger partial charge in [0.15, 0.2) is 18.2 Å². The van der Waals surface area contributed by atoms with Crippen LogP contribution < -0.4 is 26.2 Å². The van der Waals surface area contributed by atoms with E-state index in [1.165, 1.54) is 6.33 Å². The molecule has 9 nitrogen and oxygen atoms in total. The Bertz CT molecular complexity index is 749. The quantitative estimate of drug-likeness (QED) is 0.611. The molecule has 1 aromatic heterocycles. The van der Waals surface area contributed by atoms with E-state index in [9.17, 15) is 4.79 Å². The number of benzene rings is 1. The Morgan fingerprint density at radius 1 is 1.19 bits per heavy atom. The van der Waals surface area contributed by atoms with E-state index in [4.69, 9.17) is 10.5 Å². The van der Waals surface area contributed by atoms with Crippen LogP contribution in [0.3, 0.4) is 0 Å². The maximum Gasteiger partial charge on any atom is 0.276 e. The number of ether oxygens (including phenoxy) is 1. The lowest BCUT2D eigenvalue weighted by atomic mass is 10.3. The summed E-state index contributed by atoms with van der Waals surface area (Å²) in [7, 11) is 0. The maximum absolute atomic E-state index is 12.0. The number of hydrazine groups is 1. The van der Waals surface area contributed by atoms with E-state index in [0.29, 0.717) is 23.1 Å². The fourth-order valence-corrected chi connectivity index (χ4v) is 2.84. The van der Waals surface area contributed by atoms with E-state index >= 15 is 0 Å². The molecule has 0 spiro atoms. The summed E-state index contributed by atoms with van der Waals surface area (Å²) in [6.07, 6.45) is 1.44. The lowest BCUT2D eigenvalue weighted by Crippen LogP contribution is -2.46. The number of hydrogen-bond acceptors (Lipinski definition) is 8. The maximum atomic E-state index is 12.0. The summed E-state index contributed by atoms with van der Waals surface area (Å²) in [5, 5.41) is 0. The number of hydrogen-bond donors (Lipinski definition) is 3. The summed E-state index contributed by atoms with van der Waals surface area (Å²) in [5.74, 6) is 1.33. The first-order valence-corrected chi connectivity index (χ1v) is 8.98. The Morgan fingerprint density at radius 3 is 2.63 bits per heavy atom. The van der Waals surface area contributed by atoms with Crippen molar-refractivity contribution in [1.82, 2.24) is 20.3 Å². The third-order valence-corrected chi connectivity index (χ3v) is 4.42. The van der Waals surface area contributed by atoms with Crippen molar-refractivity contribution in [2.45, 2.75) is 6.92 Å². The molecule has 1 saturated heterocycles. The zero-order valence-electron chi connectivity index (χ0n) is 15.4. The molecule has 2 heterocycles. The van der Waals surface area contributed by atoms with Gasteiger partial charge in [0.05, 0.1) is 0 Å². The van der Waals surface area contributed by atoms with Gasteiger partial charge in [-0.05, 0) is 18.7 Å². The Kier molecular flexibility index (Phi) is 6.26. The molecule has 1 amide bonds. The van der Waals surface area contributed by atoms with E-state index in [0.717, 1.165) is 32.7 Å². The predicted octanol–water partition coefficient (Wildman–Crippen LogP) is 0.723. The lowest BCUT2D eigenvalue weighted by molar-refractivity contribution is -0.122. The van der Waals surface area contributed by atoms with Crippen LogP contribution in [0.5, 0.6) is 5.75 Å². The number of nitrogens with two attached hydrogens (primary N) is 1. The van der Waals surface area contributed by atoms with Crippen molar-refractivity contribution in [3.63, 3.8) is 0 Å². The molecule has 4 N–H and O–H groups in total. The van der Waals surface area contributed by atoms with Crippen molar-refractivity contribution >= 4 is 23.2 Å². The van der Waals surface area contributed by atoms with Gasteiger partial charge in [0, 0.05) is 26.2 Å². The highest BCUT2D eigenvalue weighted by Gasteiger charge is 2.20. The van der Waals surface area contributed by atoms with Gasteiger partial charge in [0.2, 0.25) is 0 Å². The molecule has 0 unspecified atom stereocenters. The van der Waals surface area contributed by atoms with Gasteiger partial charge < -0.3 is 20.3 Å². The average molecular weight is 371 g/mol. The third kappa shape index (κ3) is 4.98. The van der Waals surface area contributed by atoms with Gasteiger partial charge in [-0.3, -0.25) is 15.6 Å². The van der Waals surface area contributed by atoms with E-state index in [-0.39, 0.29) is 12.5 Å². The van der Waals surface area contributed by atoms with Gasteiger partial charge in [-0.1, -0.05) is 25.1 Å². The fourth-order valence-electron chi connectivity index (χ4n) is 2.84.